The largest absolute Gasteiger partial charge is 0.240 e. The molecule has 1 rings (SSSR count). The second-order valence-corrected chi connectivity index (χ2v) is 6.09. The van der Waals surface area contributed by atoms with Gasteiger partial charge in [-0.1, -0.05) is 81.6 Å². The molecule has 0 saturated carbocycles. The molecular weight excluding hydrogens is 244 g/mol. The molecule has 0 aliphatic carbocycles. The summed E-state index contributed by atoms with van der Waals surface area (Å²) in [6.45, 7) is 4.56. The zero-order valence-corrected chi connectivity index (χ0v) is 13.6. The summed E-state index contributed by atoms with van der Waals surface area (Å²) in [6, 6.07) is 0. The Kier molecular flexibility index (Phi) is 10.3. The van der Waals surface area contributed by atoms with Gasteiger partial charge in [0.15, 0.2) is 12.4 Å². The standard InChI is InChI=1S/C18H33N2/c1-3-5-7-8-9-11-13-17(12-10-6-4-2)16-18-19-14-15-20-18/h14-15,17H,3-13,16H2,1-2H3/q+1. The third-order valence-corrected chi connectivity index (χ3v) is 4.17. The smallest absolute Gasteiger partial charge is 0.0968 e. The van der Waals surface area contributed by atoms with Crippen LogP contribution in [-0.4, -0.2) is 12.4 Å². The highest BCUT2D eigenvalue weighted by Gasteiger charge is 2.21. The van der Waals surface area contributed by atoms with Gasteiger partial charge in [0, 0.05) is 0 Å². The number of unbranched alkanes of at least 4 members (excludes halogenated alkanes) is 7. The summed E-state index contributed by atoms with van der Waals surface area (Å²) in [7, 11) is 0. The fraction of sp³-hybridized carbons (Fsp3) is 0.833. The summed E-state index contributed by atoms with van der Waals surface area (Å²) in [5, 5.41) is 0. The topological polar surface area (TPSA) is 24.7 Å². The van der Waals surface area contributed by atoms with E-state index in [4.69, 9.17) is 0 Å². The van der Waals surface area contributed by atoms with Gasteiger partial charge in [-0.25, -0.2) is 0 Å². The molecule has 1 aliphatic rings. The van der Waals surface area contributed by atoms with Crippen molar-refractivity contribution >= 4 is 12.4 Å². The van der Waals surface area contributed by atoms with Crippen molar-refractivity contribution in [2.24, 2.45) is 15.9 Å². The predicted molar refractivity (Wildman–Crippen MR) is 90.5 cm³/mol. The Morgan fingerprint density at radius 2 is 1.25 bits per heavy atom. The van der Waals surface area contributed by atoms with Gasteiger partial charge in [0.2, 0.25) is 6.17 Å². The van der Waals surface area contributed by atoms with Gasteiger partial charge < -0.3 is 0 Å². The lowest BCUT2D eigenvalue weighted by molar-refractivity contribution is 0.387. The normalized spacial score (nSPS) is 15.2. The summed E-state index contributed by atoms with van der Waals surface area (Å²) in [4.78, 5) is 8.68. The van der Waals surface area contributed by atoms with Crippen LogP contribution in [0.25, 0.3) is 0 Å². The fourth-order valence-corrected chi connectivity index (χ4v) is 2.88. The Balaban J connectivity index is 2.15. The molecule has 0 saturated heterocycles. The molecule has 0 spiro atoms. The lowest BCUT2D eigenvalue weighted by Crippen LogP contribution is -2.05. The van der Waals surface area contributed by atoms with E-state index in [-0.39, 0.29) is 0 Å². The lowest BCUT2D eigenvalue weighted by Gasteiger charge is -2.15. The van der Waals surface area contributed by atoms with Crippen molar-refractivity contribution in [1.29, 1.82) is 0 Å². The van der Waals surface area contributed by atoms with Crippen molar-refractivity contribution in [3.8, 4) is 0 Å². The lowest BCUT2D eigenvalue weighted by atomic mass is 9.91. The molecule has 0 bridgehead atoms. The molecule has 0 aromatic rings. The average molecular weight is 277 g/mol. The zero-order chi connectivity index (χ0) is 14.5. The van der Waals surface area contributed by atoms with E-state index in [9.17, 15) is 0 Å². The van der Waals surface area contributed by atoms with Crippen LogP contribution in [0.2, 0.25) is 0 Å². The number of hydrogen-bond donors (Lipinski definition) is 0. The minimum atomic E-state index is 0.801. The van der Waals surface area contributed by atoms with Crippen LogP contribution < -0.4 is 0 Å². The summed E-state index contributed by atoms with van der Waals surface area (Å²) in [5.41, 5.74) is 0. The quantitative estimate of drug-likeness (QED) is 0.293. The third-order valence-electron chi connectivity index (χ3n) is 4.17. The molecular formula is C18H33N2+. The Bertz CT molecular complexity index is 259. The van der Waals surface area contributed by atoms with Crippen molar-refractivity contribution in [3.05, 3.63) is 6.17 Å². The molecule has 0 N–H and O–H groups in total. The maximum atomic E-state index is 4.34. The first kappa shape index (κ1) is 17.3. The first-order valence-corrected chi connectivity index (χ1v) is 8.79. The van der Waals surface area contributed by atoms with Gasteiger partial charge in [-0.05, 0) is 18.8 Å². The van der Waals surface area contributed by atoms with Gasteiger partial charge in [0.05, 0.1) is 6.42 Å². The summed E-state index contributed by atoms with van der Waals surface area (Å²) < 4.78 is 0. The monoisotopic (exact) mass is 277 g/mol. The Labute approximate surface area is 126 Å². The molecule has 2 heteroatoms. The second kappa shape index (κ2) is 12.0. The Morgan fingerprint density at radius 3 is 1.90 bits per heavy atom. The van der Waals surface area contributed by atoms with Crippen LogP contribution >= 0.6 is 0 Å². The van der Waals surface area contributed by atoms with E-state index in [1.165, 1.54) is 70.6 Å². The number of aliphatic imine (C=N–C) groups is 2. The third kappa shape index (κ3) is 8.39. The molecule has 114 valence electrons. The molecule has 0 amide bonds. The van der Waals surface area contributed by atoms with Crippen molar-refractivity contribution in [1.82, 2.24) is 0 Å². The fourth-order valence-electron chi connectivity index (χ4n) is 2.88. The highest BCUT2D eigenvalue weighted by molar-refractivity contribution is 6.18. The Hall–Kier alpha value is -0.790. The van der Waals surface area contributed by atoms with Gasteiger partial charge in [-0.15, -0.1) is 0 Å². The van der Waals surface area contributed by atoms with Gasteiger partial charge in [-0.3, -0.25) is 0 Å². The predicted octanol–water partition coefficient (Wildman–Crippen LogP) is 5.97. The molecule has 0 aromatic carbocycles. The summed E-state index contributed by atoms with van der Waals surface area (Å²) in [5.74, 6) is 0.801. The molecule has 0 radical (unpaired) electrons. The van der Waals surface area contributed by atoms with Crippen molar-refractivity contribution in [2.45, 2.75) is 90.9 Å². The van der Waals surface area contributed by atoms with Crippen LogP contribution in [0.4, 0.5) is 0 Å². The van der Waals surface area contributed by atoms with E-state index in [0.717, 1.165) is 18.5 Å². The first-order chi connectivity index (χ1) is 9.86. The van der Waals surface area contributed by atoms with Gasteiger partial charge in [0.25, 0.3) is 0 Å². The van der Waals surface area contributed by atoms with Crippen molar-refractivity contribution in [2.75, 3.05) is 0 Å². The highest BCUT2D eigenvalue weighted by atomic mass is 15.0. The molecule has 0 fully saturated rings. The van der Waals surface area contributed by atoms with Crippen LogP contribution in [0.5, 0.6) is 0 Å². The van der Waals surface area contributed by atoms with Crippen LogP contribution in [0.15, 0.2) is 9.98 Å². The van der Waals surface area contributed by atoms with E-state index in [0.29, 0.717) is 0 Å². The van der Waals surface area contributed by atoms with E-state index >= 15 is 0 Å². The summed E-state index contributed by atoms with van der Waals surface area (Å²) in [6.07, 6.45) is 21.0. The Morgan fingerprint density at radius 1 is 0.750 bits per heavy atom. The molecule has 1 unspecified atom stereocenters. The van der Waals surface area contributed by atoms with Gasteiger partial charge >= 0.3 is 0 Å². The number of rotatable bonds is 13. The van der Waals surface area contributed by atoms with Gasteiger partial charge in [-0.2, -0.15) is 0 Å². The van der Waals surface area contributed by atoms with Crippen LogP contribution in [0.3, 0.4) is 0 Å². The molecule has 0 aromatic heterocycles. The molecule has 2 nitrogen and oxygen atoms in total. The van der Waals surface area contributed by atoms with Crippen LogP contribution in [0, 0.1) is 12.1 Å². The molecule has 1 aliphatic heterocycles. The maximum Gasteiger partial charge on any atom is 0.240 e. The zero-order valence-electron chi connectivity index (χ0n) is 13.6. The molecule has 1 atom stereocenters. The SMILES string of the molecule is CCCCCCCCC(CCCCC)C[C+]1N=CC=N1. The minimum Gasteiger partial charge on any atom is -0.0968 e. The molecule has 20 heavy (non-hydrogen) atoms. The van der Waals surface area contributed by atoms with E-state index in [1.807, 2.05) is 12.4 Å². The minimum absolute atomic E-state index is 0.801. The second-order valence-electron chi connectivity index (χ2n) is 6.09. The van der Waals surface area contributed by atoms with Crippen molar-refractivity contribution in [3.63, 3.8) is 0 Å². The maximum absolute atomic E-state index is 4.34. The van der Waals surface area contributed by atoms with E-state index in [1.54, 1.807) is 0 Å². The highest BCUT2D eigenvalue weighted by Crippen LogP contribution is 2.27. The summed E-state index contributed by atoms with van der Waals surface area (Å²) >= 11 is 0. The number of nitrogens with zero attached hydrogens (tertiary/aromatic N) is 2. The van der Waals surface area contributed by atoms with Crippen LogP contribution in [-0.2, 0) is 0 Å². The van der Waals surface area contributed by atoms with E-state index < -0.39 is 0 Å². The van der Waals surface area contributed by atoms with Crippen LogP contribution in [0.1, 0.15) is 90.9 Å². The first-order valence-electron chi connectivity index (χ1n) is 8.79. The average Bonchev–Trinajstić information content (AvgIpc) is 2.95. The van der Waals surface area contributed by atoms with Gasteiger partial charge in [0.1, 0.15) is 0 Å². The number of hydrogen-bond acceptors (Lipinski definition) is 2. The van der Waals surface area contributed by atoms with E-state index in [2.05, 4.69) is 23.8 Å². The van der Waals surface area contributed by atoms with Crippen molar-refractivity contribution < 1.29 is 0 Å². The molecule has 1 heterocycles.